The predicted molar refractivity (Wildman–Crippen MR) is 87.1 cm³/mol. The van der Waals surface area contributed by atoms with Gasteiger partial charge in [0.25, 0.3) is 0 Å². The fraction of sp³-hybridized carbons (Fsp3) is 0.923. The molecule has 0 saturated carbocycles. The van der Waals surface area contributed by atoms with Crippen LogP contribution in [0.3, 0.4) is 0 Å². The number of nitrogens with zero attached hydrogens (tertiary/aromatic N) is 1. The summed E-state index contributed by atoms with van der Waals surface area (Å²) >= 11 is 0. The lowest BCUT2D eigenvalue weighted by atomic mass is 9.94. The third kappa shape index (κ3) is 10.7. The smallest absolute Gasteiger partial charge is 0.220 e. The van der Waals surface area contributed by atoms with E-state index in [0.717, 1.165) is 52.2 Å². The van der Waals surface area contributed by atoms with Gasteiger partial charge in [0.05, 0.1) is 6.61 Å². The molecular formula is C13H29Cl2N3O2. The average molecular weight is 330 g/mol. The summed E-state index contributed by atoms with van der Waals surface area (Å²) in [5.74, 6) is 0.763. The molecule has 5 nitrogen and oxygen atoms in total. The quantitative estimate of drug-likeness (QED) is 0.695. The number of hydrogen-bond acceptors (Lipinski definition) is 4. The van der Waals surface area contributed by atoms with Gasteiger partial charge in [0, 0.05) is 33.2 Å². The molecule has 1 saturated heterocycles. The monoisotopic (exact) mass is 329 g/mol. The van der Waals surface area contributed by atoms with E-state index in [-0.39, 0.29) is 30.7 Å². The molecule has 7 heteroatoms. The van der Waals surface area contributed by atoms with Gasteiger partial charge in [-0.2, -0.15) is 0 Å². The lowest BCUT2D eigenvalue weighted by Gasteiger charge is -2.22. The maximum atomic E-state index is 11.7. The van der Waals surface area contributed by atoms with Crippen LogP contribution in [0.1, 0.15) is 19.3 Å². The van der Waals surface area contributed by atoms with Crippen molar-refractivity contribution in [2.24, 2.45) is 5.92 Å². The van der Waals surface area contributed by atoms with Gasteiger partial charge in [0.2, 0.25) is 5.91 Å². The van der Waals surface area contributed by atoms with Crippen molar-refractivity contribution in [3.8, 4) is 0 Å². The predicted octanol–water partition coefficient (Wildman–Crippen LogP) is 0.914. The molecule has 0 radical (unpaired) electrons. The van der Waals surface area contributed by atoms with Crippen LogP contribution in [-0.2, 0) is 9.53 Å². The van der Waals surface area contributed by atoms with Crippen molar-refractivity contribution in [1.29, 1.82) is 0 Å². The highest BCUT2D eigenvalue weighted by Crippen LogP contribution is 2.15. The molecule has 1 amide bonds. The average Bonchev–Trinajstić information content (AvgIpc) is 2.37. The Hall–Kier alpha value is -0.0700. The van der Waals surface area contributed by atoms with Crippen LogP contribution in [0.15, 0.2) is 0 Å². The minimum absolute atomic E-state index is 0. The summed E-state index contributed by atoms with van der Waals surface area (Å²) in [5, 5.41) is 6.31. The molecule has 1 rings (SSSR count). The zero-order chi connectivity index (χ0) is 13.2. The molecule has 1 heterocycles. The number of amides is 1. The van der Waals surface area contributed by atoms with Crippen LogP contribution in [0.2, 0.25) is 0 Å². The van der Waals surface area contributed by atoms with Gasteiger partial charge in [-0.05, 0) is 38.9 Å². The summed E-state index contributed by atoms with van der Waals surface area (Å²) in [6, 6.07) is 0. The van der Waals surface area contributed by atoms with Crippen molar-refractivity contribution in [1.82, 2.24) is 15.5 Å². The second kappa shape index (κ2) is 13.9. The SMILES string of the molecule is COCCN(C)CCNC(=O)CC1CCNCC1.Cl.Cl. The molecular weight excluding hydrogens is 301 g/mol. The second-order valence-corrected chi connectivity index (χ2v) is 5.04. The summed E-state index contributed by atoms with van der Waals surface area (Å²) in [6.07, 6.45) is 2.94. The number of halogens is 2. The minimum atomic E-state index is 0. The number of nitrogens with one attached hydrogen (secondary N) is 2. The number of carbonyl (C=O) groups excluding carboxylic acids is 1. The summed E-state index contributed by atoms with van der Waals surface area (Å²) in [6.45, 7) is 5.35. The van der Waals surface area contributed by atoms with E-state index in [1.54, 1.807) is 7.11 Å². The van der Waals surface area contributed by atoms with Crippen LogP contribution in [0.4, 0.5) is 0 Å². The van der Waals surface area contributed by atoms with Crippen molar-refractivity contribution in [2.45, 2.75) is 19.3 Å². The first-order chi connectivity index (χ1) is 8.72. The molecule has 122 valence electrons. The highest BCUT2D eigenvalue weighted by Gasteiger charge is 2.16. The second-order valence-electron chi connectivity index (χ2n) is 5.04. The fourth-order valence-electron chi connectivity index (χ4n) is 2.17. The van der Waals surface area contributed by atoms with E-state index in [1.165, 1.54) is 0 Å². The molecule has 1 aliphatic heterocycles. The summed E-state index contributed by atoms with van der Waals surface area (Å²) in [4.78, 5) is 13.9. The van der Waals surface area contributed by atoms with Crippen molar-refractivity contribution in [3.63, 3.8) is 0 Å². The fourth-order valence-corrected chi connectivity index (χ4v) is 2.17. The van der Waals surface area contributed by atoms with Crippen LogP contribution < -0.4 is 10.6 Å². The Labute approximate surface area is 135 Å². The van der Waals surface area contributed by atoms with Crippen molar-refractivity contribution < 1.29 is 9.53 Å². The third-order valence-corrected chi connectivity index (χ3v) is 3.43. The lowest BCUT2D eigenvalue weighted by molar-refractivity contribution is -0.122. The molecule has 1 aliphatic rings. The molecule has 0 aliphatic carbocycles. The highest BCUT2D eigenvalue weighted by atomic mass is 35.5. The largest absolute Gasteiger partial charge is 0.383 e. The van der Waals surface area contributed by atoms with E-state index < -0.39 is 0 Å². The number of carbonyl (C=O) groups is 1. The number of piperidine rings is 1. The molecule has 2 N–H and O–H groups in total. The molecule has 0 bridgehead atoms. The van der Waals surface area contributed by atoms with E-state index >= 15 is 0 Å². The van der Waals surface area contributed by atoms with Crippen LogP contribution in [0.25, 0.3) is 0 Å². The summed E-state index contributed by atoms with van der Waals surface area (Å²) in [5.41, 5.74) is 0. The summed E-state index contributed by atoms with van der Waals surface area (Å²) in [7, 11) is 3.74. The van der Waals surface area contributed by atoms with Crippen LogP contribution in [-0.4, -0.2) is 64.3 Å². The molecule has 0 aromatic heterocycles. The zero-order valence-corrected chi connectivity index (χ0v) is 14.2. The zero-order valence-electron chi connectivity index (χ0n) is 12.5. The van der Waals surface area contributed by atoms with Gasteiger partial charge < -0.3 is 20.3 Å². The Balaban J connectivity index is 0. The maximum absolute atomic E-state index is 11.7. The molecule has 20 heavy (non-hydrogen) atoms. The number of hydrogen-bond donors (Lipinski definition) is 2. The van der Waals surface area contributed by atoms with E-state index in [1.807, 2.05) is 7.05 Å². The first-order valence-electron chi connectivity index (χ1n) is 6.87. The normalized spacial score (nSPS) is 15.3. The van der Waals surface area contributed by atoms with Crippen molar-refractivity contribution in [2.75, 3.05) is 53.5 Å². The van der Waals surface area contributed by atoms with Crippen molar-refractivity contribution >= 4 is 30.7 Å². The Morgan fingerprint density at radius 3 is 2.55 bits per heavy atom. The topological polar surface area (TPSA) is 53.6 Å². The number of likely N-dealkylation sites (N-methyl/N-ethyl adjacent to an activating group) is 1. The molecule has 0 spiro atoms. The van der Waals surface area contributed by atoms with Gasteiger partial charge in [-0.1, -0.05) is 0 Å². The van der Waals surface area contributed by atoms with E-state index in [0.29, 0.717) is 12.3 Å². The highest BCUT2D eigenvalue weighted by molar-refractivity contribution is 5.85. The minimum Gasteiger partial charge on any atom is -0.383 e. The Morgan fingerprint density at radius 1 is 1.30 bits per heavy atom. The molecule has 0 aromatic carbocycles. The molecule has 0 unspecified atom stereocenters. The van der Waals surface area contributed by atoms with E-state index in [9.17, 15) is 4.79 Å². The number of ether oxygens (including phenoxy) is 1. The summed E-state index contributed by atoms with van der Waals surface area (Å²) < 4.78 is 5.01. The Kier molecular flexibility index (Phi) is 15.4. The van der Waals surface area contributed by atoms with Crippen LogP contribution >= 0.6 is 24.8 Å². The molecule has 1 fully saturated rings. The first-order valence-corrected chi connectivity index (χ1v) is 6.87. The van der Waals surface area contributed by atoms with Gasteiger partial charge in [-0.25, -0.2) is 0 Å². The Bertz CT molecular complexity index is 240. The van der Waals surface area contributed by atoms with Gasteiger partial charge in [0.15, 0.2) is 0 Å². The van der Waals surface area contributed by atoms with Gasteiger partial charge >= 0.3 is 0 Å². The lowest BCUT2D eigenvalue weighted by Crippen LogP contribution is -2.36. The third-order valence-electron chi connectivity index (χ3n) is 3.43. The van der Waals surface area contributed by atoms with Gasteiger partial charge in [-0.3, -0.25) is 4.79 Å². The maximum Gasteiger partial charge on any atom is 0.220 e. The van der Waals surface area contributed by atoms with E-state index in [4.69, 9.17) is 4.74 Å². The number of rotatable bonds is 8. The van der Waals surface area contributed by atoms with Crippen LogP contribution in [0, 0.1) is 5.92 Å². The standard InChI is InChI=1S/C13H27N3O2.2ClH/c1-16(9-10-18-2)8-7-15-13(17)11-12-3-5-14-6-4-12;;/h12,14H,3-11H2,1-2H3,(H,15,17);2*1H. The van der Waals surface area contributed by atoms with Gasteiger partial charge in [-0.15, -0.1) is 24.8 Å². The number of methoxy groups -OCH3 is 1. The molecule has 0 aromatic rings. The van der Waals surface area contributed by atoms with E-state index in [2.05, 4.69) is 15.5 Å². The van der Waals surface area contributed by atoms with Gasteiger partial charge in [0.1, 0.15) is 0 Å². The van der Waals surface area contributed by atoms with Crippen LogP contribution in [0.5, 0.6) is 0 Å². The molecule has 0 atom stereocenters. The first kappa shape index (κ1) is 22.2. The Morgan fingerprint density at radius 2 is 1.95 bits per heavy atom. The van der Waals surface area contributed by atoms with Crippen molar-refractivity contribution in [3.05, 3.63) is 0 Å².